The molecule has 1 fully saturated rings. The predicted molar refractivity (Wildman–Crippen MR) is 167 cm³/mol. The fourth-order valence-corrected chi connectivity index (χ4v) is 12.3. The standard InChI is InChI=1S/C31H46INO5Si/c1-21(2)39(22(3)4,23(5)6)38-29-27(18-32)37-31(36-20-26-16-12-9-13-17-26)28(33-24(7)34)30(29)35-19-25-14-10-8-11-15-25/h8-17,21-23,27-31H,18-20H2,1-7H3,(H,33,34)/t27-,28-,29-,30-,31+/m1/s1. The number of nitrogens with one attached hydrogen (secondary N) is 1. The van der Waals surface area contributed by atoms with E-state index >= 15 is 0 Å². The highest BCUT2D eigenvalue weighted by atomic mass is 127. The van der Waals surface area contributed by atoms with E-state index in [0.29, 0.717) is 34.3 Å². The van der Waals surface area contributed by atoms with Crippen molar-refractivity contribution < 1.29 is 23.4 Å². The van der Waals surface area contributed by atoms with E-state index in [2.05, 4.69) is 81.6 Å². The number of alkyl halides is 1. The SMILES string of the molecule is CC(=O)N[C@H]1[C@@H](OCc2ccccc2)O[C@H](CI)[C@@H](O[Si](C(C)C)(C(C)C)C(C)C)[C@@H]1OCc1ccccc1. The highest BCUT2D eigenvalue weighted by Crippen LogP contribution is 2.45. The maximum Gasteiger partial charge on any atom is 0.217 e. The molecule has 0 unspecified atom stereocenters. The minimum atomic E-state index is -2.30. The first-order valence-electron chi connectivity index (χ1n) is 14.1. The van der Waals surface area contributed by atoms with Gasteiger partial charge in [0.2, 0.25) is 14.2 Å². The Kier molecular flexibility index (Phi) is 12.5. The Balaban J connectivity index is 2.01. The number of rotatable bonds is 13. The fourth-order valence-electron chi connectivity index (χ4n) is 6.06. The van der Waals surface area contributed by atoms with E-state index in [-0.39, 0.29) is 18.1 Å². The summed E-state index contributed by atoms with van der Waals surface area (Å²) in [5.74, 6) is -0.156. The zero-order valence-corrected chi connectivity index (χ0v) is 27.6. The van der Waals surface area contributed by atoms with Gasteiger partial charge >= 0.3 is 0 Å². The average molecular weight is 668 g/mol. The van der Waals surface area contributed by atoms with Gasteiger partial charge in [-0.05, 0) is 27.8 Å². The van der Waals surface area contributed by atoms with Gasteiger partial charge in [0.05, 0.1) is 19.3 Å². The van der Waals surface area contributed by atoms with Crippen LogP contribution in [0.2, 0.25) is 16.6 Å². The molecule has 2 aromatic rings. The molecule has 0 spiro atoms. The molecule has 8 heteroatoms. The summed E-state index contributed by atoms with van der Waals surface area (Å²) in [5.41, 5.74) is 3.30. The molecule has 0 aliphatic carbocycles. The number of carbonyl (C=O) groups excluding carboxylic acids is 1. The van der Waals surface area contributed by atoms with E-state index in [9.17, 15) is 4.79 Å². The third-order valence-corrected chi connectivity index (χ3v) is 14.7. The monoisotopic (exact) mass is 667 g/mol. The number of benzene rings is 2. The first-order valence-corrected chi connectivity index (χ1v) is 17.7. The van der Waals surface area contributed by atoms with Crippen molar-refractivity contribution in [2.75, 3.05) is 4.43 Å². The van der Waals surface area contributed by atoms with E-state index in [1.54, 1.807) is 0 Å². The molecule has 1 N–H and O–H groups in total. The normalized spacial score (nSPS) is 23.9. The van der Waals surface area contributed by atoms with Gasteiger partial charge in [0, 0.05) is 11.4 Å². The van der Waals surface area contributed by atoms with Gasteiger partial charge in [0.25, 0.3) is 0 Å². The number of amides is 1. The highest BCUT2D eigenvalue weighted by molar-refractivity contribution is 14.1. The molecule has 39 heavy (non-hydrogen) atoms. The largest absolute Gasteiger partial charge is 0.408 e. The van der Waals surface area contributed by atoms with Crippen molar-refractivity contribution in [1.82, 2.24) is 5.32 Å². The maximum atomic E-state index is 12.5. The van der Waals surface area contributed by atoms with Crippen LogP contribution < -0.4 is 5.32 Å². The van der Waals surface area contributed by atoms with E-state index in [4.69, 9.17) is 18.6 Å². The Bertz CT molecular complexity index is 985. The number of halogens is 1. The Morgan fingerprint density at radius 3 is 1.77 bits per heavy atom. The molecule has 3 rings (SSSR count). The Morgan fingerprint density at radius 2 is 1.33 bits per heavy atom. The lowest BCUT2D eigenvalue weighted by Crippen LogP contribution is -2.68. The van der Waals surface area contributed by atoms with Gasteiger partial charge < -0.3 is 24.0 Å². The topological polar surface area (TPSA) is 66.0 Å². The first-order chi connectivity index (χ1) is 18.6. The minimum Gasteiger partial charge on any atom is -0.408 e. The first kappa shape index (κ1) is 32.2. The summed E-state index contributed by atoms with van der Waals surface area (Å²) in [5, 5.41) is 3.12. The van der Waals surface area contributed by atoms with Gasteiger partial charge in [-0.1, -0.05) is 125 Å². The number of hydrogen-bond donors (Lipinski definition) is 1. The lowest BCUT2D eigenvalue weighted by Gasteiger charge is -2.52. The van der Waals surface area contributed by atoms with Crippen LogP contribution in [0.5, 0.6) is 0 Å². The van der Waals surface area contributed by atoms with Crippen LogP contribution >= 0.6 is 22.6 Å². The molecular formula is C31H46INO5Si. The molecule has 1 amide bonds. The van der Waals surface area contributed by atoms with Crippen molar-refractivity contribution in [3.8, 4) is 0 Å². The zero-order valence-electron chi connectivity index (χ0n) is 24.4. The van der Waals surface area contributed by atoms with Crippen LogP contribution in [0.25, 0.3) is 0 Å². The highest BCUT2D eigenvalue weighted by Gasteiger charge is 2.54. The van der Waals surface area contributed by atoms with E-state index < -0.39 is 26.8 Å². The summed E-state index contributed by atoms with van der Waals surface area (Å²) in [6.45, 7) is 16.0. The van der Waals surface area contributed by atoms with Crippen molar-refractivity contribution in [1.29, 1.82) is 0 Å². The molecule has 2 aromatic carbocycles. The van der Waals surface area contributed by atoms with Crippen molar-refractivity contribution in [3.05, 3.63) is 71.8 Å². The molecule has 1 aliphatic heterocycles. The average Bonchev–Trinajstić information content (AvgIpc) is 2.90. The molecular weight excluding hydrogens is 621 g/mol. The summed E-state index contributed by atoms with van der Waals surface area (Å²) in [7, 11) is -2.30. The lowest BCUT2D eigenvalue weighted by atomic mass is 9.97. The Hall–Kier alpha value is -1.30. The Labute approximate surface area is 249 Å². The van der Waals surface area contributed by atoms with E-state index in [0.717, 1.165) is 11.1 Å². The lowest BCUT2D eigenvalue weighted by molar-refractivity contribution is -0.268. The number of hydrogen-bond acceptors (Lipinski definition) is 5. The molecule has 5 atom stereocenters. The molecule has 0 aromatic heterocycles. The molecule has 216 valence electrons. The van der Waals surface area contributed by atoms with Gasteiger partial charge in [-0.3, -0.25) is 4.79 Å². The van der Waals surface area contributed by atoms with Crippen molar-refractivity contribution >= 4 is 36.8 Å². The third-order valence-electron chi connectivity index (χ3n) is 7.76. The van der Waals surface area contributed by atoms with Crippen LogP contribution in [0.1, 0.15) is 59.6 Å². The van der Waals surface area contributed by atoms with Crippen molar-refractivity contribution in [2.45, 2.75) is 109 Å². The van der Waals surface area contributed by atoms with E-state index in [1.807, 2.05) is 48.5 Å². The van der Waals surface area contributed by atoms with Crippen molar-refractivity contribution in [2.24, 2.45) is 0 Å². The van der Waals surface area contributed by atoms with Crippen LogP contribution in [0.4, 0.5) is 0 Å². The number of ether oxygens (including phenoxy) is 3. The summed E-state index contributed by atoms with van der Waals surface area (Å²) in [6, 6.07) is 19.6. The second-order valence-corrected chi connectivity index (χ2v) is 17.7. The van der Waals surface area contributed by atoms with Crippen LogP contribution in [0, 0.1) is 0 Å². The molecule has 0 saturated carbocycles. The van der Waals surface area contributed by atoms with Crippen LogP contribution in [-0.2, 0) is 36.6 Å². The van der Waals surface area contributed by atoms with Crippen LogP contribution in [0.15, 0.2) is 60.7 Å². The molecule has 1 heterocycles. The van der Waals surface area contributed by atoms with Crippen molar-refractivity contribution in [3.63, 3.8) is 0 Å². The second-order valence-electron chi connectivity index (χ2n) is 11.4. The van der Waals surface area contributed by atoms with Crippen LogP contribution in [0.3, 0.4) is 0 Å². The summed E-state index contributed by atoms with van der Waals surface area (Å²) >= 11 is 2.37. The van der Waals surface area contributed by atoms with Gasteiger partial charge in [0.1, 0.15) is 18.2 Å². The molecule has 6 nitrogen and oxygen atoms in total. The van der Waals surface area contributed by atoms with Gasteiger partial charge in [-0.15, -0.1) is 0 Å². The molecule has 1 saturated heterocycles. The molecule has 1 aliphatic rings. The smallest absolute Gasteiger partial charge is 0.217 e. The predicted octanol–water partition coefficient (Wildman–Crippen LogP) is 7.01. The van der Waals surface area contributed by atoms with Gasteiger partial charge in [0.15, 0.2) is 6.29 Å². The fraction of sp³-hybridized carbons (Fsp3) is 0.581. The summed E-state index contributed by atoms with van der Waals surface area (Å²) < 4.78 is 27.8. The minimum absolute atomic E-state index is 0.156. The van der Waals surface area contributed by atoms with Gasteiger partial charge in [-0.25, -0.2) is 0 Å². The molecule has 0 radical (unpaired) electrons. The Morgan fingerprint density at radius 1 is 0.846 bits per heavy atom. The second kappa shape index (κ2) is 15.1. The third kappa shape index (κ3) is 8.13. The maximum absolute atomic E-state index is 12.5. The quantitative estimate of drug-likeness (QED) is 0.142. The molecule has 0 bridgehead atoms. The van der Waals surface area contributed by atoms with Crippen LogP contribution in [-0.4, -0.2) is 49.3 Å². The van der Waals surface area contributed by atoms with E-state index in [1.165, 1.54) is 6.92 Å². The number of carbonyl (C=O) groups is 1. The summed E-state index contributed by atoms with van der Waals surface area (Å²) in [4.78, 5) is 12.5. The zero-order chi connectivity index (χ0) is 28.6. The van der Waals surface area contributed by atoms with Gasteiger partial charge in [-0.2, -0.15) is 0 Å². The summed E-state index contributed by atoms with van der Waals surface area (Å²) in [6.07, 6.45) is -1.73.